The van der Waals surface area contributed by atoms with Crippen LogP contribution in [0.15, 0.2) is 0 Å². The summed E-state index contributed by atoms with van der Waals surface area (Å²) in [7, 11) is 0. The van der Waals surface area contributed by atoms with Crippen molar-refractivity contribution in [2.45, 2.75) is 26.2 Å². The molecule has 2 aliphatic rings. The molecular weight excluding hydrogens is 230 g/mol. The van der Waals surface area contributed by atoms with Crippen LogP contribution in [0.1, 0.15) is 26.2 Å². The molecule has 2 rings (SSSR count). The molecule has 2 aliphatic heterocycles. The molecule has 2 atom stereocenters. The molecule has 0 aromatic rings. The van der Waals surface area contributed by atoms with E-state index in [1.54, 1.807) is 0 Å². The van der Waals surface area contributed by atoms with E-state index in [1.807, 2.05) is 4.90 Å². The molecule has 2 amide bonds. The first kappa shape index (κ1) is 13.3. The molecule has 2 heterocycles. The monoisotopic (exact) mass is 253 g/mol. The molecule has 0 aliphatic carbocycles. The summed E-state index contributed by atoms with van der Waals surface area (Å²) in [6, 6.07) is 0. The van der Waals surface area contributed by atoms with Crippen LogP contribution in [-0.4, -0.2) is 49.4 Å². The Balaban J connectivity index is 1.85. The number of hydrogen-bond donors (Lipinski definition) is 2. The van der Waals surface area contributed by atoms with Crippen LogP contribution in [0.5, 0.6) is 0 Å². The van der Waals surface area contributed by atoms with Gasteiger partial charge in [-0.3, -0.25) is 9.59 Å². The Morgan fingerprint density at radius 3 is 3.06 bits per heavy atom. The highest BCUT2D eigenvalue weighted by Gasteiger charge is 2.32. The van der Waals surface area contributed by atoms with Gasteiger partial charge in [0.1, 0.15) is 0 Å². The number of amides is 2. The molecule has 2 fully saturated rings. The summed E-state index contributed by atoms with van der Waals surface area (Å²) >= 11 is 0. The van der Waals surface area contributed by atoms with Crippen molar-refractivity contribution in [2.75, 3.05) is 32.7 Å². The highest BCUT2D eigenvalue weighted by Crippen LogP contribution is 2.29. The van der Waals surface area contributed by atoms with Crippen LogP contribution >= 0.6 is 0 Å². The first-order valence-electron chi connectivity index (χ1n) is 6.89. The summed E-state index contributed by atoms with van der Waals surface area (Å²) < 4.78 is 0. The molecule has 0 aromatic carbocycles. The van der Waals surface area contributed by atoms with Gasteiger partial charge >= 0.3 is 0 Å². The third kappa shape index (κ3) is 3.45. The summed E-state index contributed by atoms with van der Waals surface area (Å²) in [5.41, 5.74) is 0. The zero-order valence-electron chi connectivity index (χ0n) is 11.1. The lowest BCUT2D eigenvalue weighted by molar-refractivity contribution is -0.131. The molecular formula is C13H23N3O2. The fourth-order valence-electron chi connectivity index (χ4n) is 2.99. The summed E-state index contributed by atoms with van der Waals surface area (Å²) in [4.78, 5) is 24.9. The Labute approximate surface area is 108 Å². The largest absolute Gasteiger partial charge is 0.355 e. The third-order valence-electron chi connectivity index (χ3n) is 4.08. The fourth-order valence-corrected chi connectivity index (χ4v) is 2.99. The van der Waals surface area contributed by atoms with Crippen LogP contribution in [-0.2, 0) is 9.59 Å². The third-order valence-corrected chi connectivity index (χ3v) is 4.08. The van der Waals surface area contributed by atoms with Crippen LogP contribution in [0.25, 0.3) is 0 Å². The Hall–Kier alpha value is -1.10. The van der Waals surface area contributed by atoms with Gasteiger partial charge in [-0.25, -0.2) is 0 Å². The SMILES string of the molecule is CC(=O)NCCN1CC[C@H]2CNCC[C@H]2CC1=O. The van der Waals surface area contributed by atoms with Crippen molar-refractivity contribution in [3.05, 3.63) is 0 Å². The van der Waals surface area contributed by atoms with Crippen LogP contribution < -0.4 is 10.6 Å². The lowest BCUT2D eigenvalue weighted by Crippen LogP contribution is -2.38. The number of piperidine rings is 1. The van der Waals surface area contributed by atoms with Crippen molar-refractivity contribution in [1.82, 2.24) is 15.5 Å². The van der Waals surface area contributed by atoms with Gasteiger partial charge in [-0.15, -0.1) is 0 Å². The van der Waals surface area contributed by atoms with Gasteiger partial charge < -0.3 is 15.5 Å². The maximum atomic E-state index is 12.1. The lowest BCUT2D eigenvalue weighted by Gasteiger charge is -2.29. The zero-order chi connectivity index (χ0) is 13.0. The fraction of sp³-hybridized carbons (Fsp3) is 0.846. The van der Waals surface area contributed by atoms with Gasteiger partial charge in [0, 0.05) is 33.0 Å². The van der Waals surface area contributed by atoms with Crippen molar-refractivity contribution in [3.8, 4) is 0 Å². The van der Waals surface area contributed by atoms with E-state index in [-0.39, 0.29) is 11.8 Å². The molecule has 2 saturated heterocycles. The molecule has 2 N–H and O–H groups in total. The number of carbonyl (C=O) groups excluding carboxylic acids is 2. The number of likely N-dealkylation sites (tertiary alicyclic amines) is 1. The smallest absolute Gasteiger partial charge is 0.222 e. The van der Waals surface area contributed by atoms with Crippen LogP contribution in [0, 0.1) is 11.8 Å². The van der Waals surface area contributed by atoms with Gasteiger partial charge in [-0.1, -0.05) is 0 Å². The van der Waals surface area contributed by atoms with Crippen molar-refractivity contribution in [2.24, 2.45) is 11.8 Å². The second-order valence-electron chi connectivity index (χ2n) is 5.37. The molecule has 0 aromatic heterocycles. The van der Waals surface area contributed by atoms with Gasteiger partial charge in [0.05, 0.1) is 0 Å². The summed E-state index contributed by atoms with van der Waals surface area (Å²) in [6.45, 7) is 5.64. The maximum Gasteiger partial charge on any atom is 0.222 e. The van der Waals surface area contributed by atoms with Crippen molar-refractivity contribution in [3.63, 3.8) is 0 Å². The van der Waals surface area contributed by atoms with E-state index in [9.17, 15) is 9.59 Å². The predicted molar refractivity (Wildman–Crippen MR) is 69.0 cm³/mol. The average Bonchev–Trinajstić information content (AvgIpc) is 2.49. The summed E-state index contributed by atoms with van der Waals surface area (Å²) in [5, 5.41) is 6.16. The highest BCUT2D eigenvalue weighted by atomic mass is 16.2. The number of fused-ring (bicyclic) bond motifs is 1. The van der Waals surface area contributed by atoms with Crippen molar-refractivity contribution in [1.29, 1.82) is 0 Å². The Morgan fingerprint density at radius 1 is 1.44 bits per heavy atom. The molecule has 0 unspecified atom stereocenters. The van der Waals surface area contributed by atoms with Gasteiger partial charge in [0.2, 0.25) is 11.8 Å². The molecule has 102 valence electrons. The van der Waals surface area contributed by atoms with E-state index in [1.165, 1.54) is 6.92 Å². The number of carbonyl (C=O) groups is 2. The van der Waals surface area contributed by atoms with Crippen LogP contribution in [0.3, 0.4) is 0 Å². The minimum Gasteiger partial charge on any atom is -0.355 e. The summed E-state index contributed by atoms with van der Waals surface area (Å²) in [6.07, 6.45) is 2.89. The van der Waals surface area contributed by atoms with Gasteiger partial charge in [-0.05, 0) is 37.8 Å². The number of hydrogen-bond acceptors (Lipinski definition) is 3. The molecule has 18 heavy (non-hydrogen) atoms. The zero-order valence-corrected chi connectivity index (χ0v) is 11.1. The highest BCUT2D eigenvalue weighted by molar-refractivity contribution is 5.77. The average molecular weight is 253 g/mol. The lowest BCUT2D eigenvalue weighted by atomic mass is 9.83. The molecule has 5 nitrogen and oxygen atoms in total. The molecule has 0 radical (unpaired) electrons. The first-order valence-corrected chi connectivity index (χ1v) is 6.89. The Kier molecular flexibility index (Phi) is 4.58. The van der Waals surface area contributed by atoms with Gasteiger partial charge in [0.25, 0.3) is 0 Å². The number of nitrogens with zero attached hydrogens (tertiary/aromatic N) is 1. The van der Waals surface area contributed by atoms with Crippen LogP contribution in [0.2, 0.25) is 0 Å². The van der Waals surface area contributed by atoms with Gasteiger partial charge in [0.15, 0.2) is 0 Å². The molecule has 5 heteroatoms. The second-order valence-corrected chi connectivity index (χ2v) is 5.37. The number of nitrogens with one attached hydrogen (secondary N) is 2. The first-order chi connectivity index (χ1) is 8.66. The van der Waals surface area contributed by atoms with Gasteiger partial charge in [-0.2, -0.15) is 0 Å². The standard InChI is InChI=1S/C13H23N3O2/c1-10(17)15-5-7-16-6-3-12-9-14-4-2-11(12)8-13(16)18/h11-12,14H,2-9H2,1H3,(H,15,17)/t11-,12-/m0/s1. The van der Waals surface area contributed by atoms with Crippen molar-refractivity contribution < 1.29 is 9.59 Å². The topological polar surface area (TPSA) is 61.4 Å². The maximum absolute atomic E-state index is 12.1. The van der Waals surface area contributed by atoms with E-state index in [0.29, 0.717) is 31.3 Å². The van der Waals surface area contributed by atoms with E-state index >= 15 is 0 Å². The van der Waals surface area contributed by atoms with Crippen LogP contribution in [0.4, 0.5) is 0 Å². The summed E-state index contributed by atoms with van der Waals surface area (Å²) in [5.74, 6) is 1.43. The predicted octanol–water partition coefficient (Wildman–Crippen LogP) is -0.0294. The molecule has 0 bridgehead atoms. The Morgan fingerprint density at radius 2 is 2.28 bits per heavy atom. The van der Waals surface area contributed by atoms with E-state index in [0.717, 1.165) is 32.5 Å². The molecule has 0 saturated carbocycles. The minimum atomic E-state index is -0.0323. The normalized spacial score (nSPS) is 28.5. The second kappa shape index (κ2) is 6.18. The van der Waals surface area contributed by atoms with E-state index in [4.69, 9.17) is 0 Å². The minimum absolute atomic E-state index is 0.0323. The van der Waals surface area contributed by atoms with E-state index in [2.05, 4.69) is 10.6 Å². The Bertz CT molecular complexity index is 319. The quantitative estimate of drug-likeness (QED) is 0.742. The molecule has 0 spiro atoms. The van der Waals surface area contributed by atoms with Crippen molar-refractivity contribution >= 4 is 11.8 Å². The number of rotatable bonds is 3. The van der Waals surface area contributed by atoms with E-state index < -0.39 is 0 Å².